The number of anilines is 1. The molecule has 0 saturated carbocycles. The molecule has 0 bridgehead atoms. The number of nitrogens with one attached hydrogen (secondary N) is 1. The third-order valence-corrected chi connectivity index (χ3v) is 6.80. The zero-order valence-electron chi connectivity index (χ0n) is 21.3. The Morgan fingerprint density at radius 1 is 1.00 bits per heavy atom. The Kier molecular flexibility index (Phi) is 8.11. The molecule has 8 heteroatoms. The number of hydrogen-bond donors (Lipinski definition) is 2. The number of fused-ring (bicyclic) bond motifs is 1. The van der Waals surface area contributed by atoms with Gasteiger partial charge in [-0.3, -0.25) is 14.2 Å². The number of rotatable bonds is 9. The Hall–Kier alpha value is -4.01. The highest BCUT2D eigenvalue weighted by molar-refractivity contribution is 5.94. The zero-order chi connectivity index (χ0) is 26.3. The number of aliphatic hydroxyl groups is 1. The van der Waals surface area contributed by atoms with Crippen LogP contribution in [0.15, 0.2) is 79.1 Å². The van der Waals surface area contributed by atoms with Gasteiger partial charge in [0, 0.05) is 43.4 Å². The molecule has 3 heterocycles. The lowest BCUT2D eigenvalue weighted by Crippen LogP contribution is -2.36. The molecule has 0 spiro atoms. The number of aromatic nitrogens is 2. The predicted molar refractivity (Wildman–Crippen MR) is 147 cm³/mol. The molecular formula is C30H32N4O4. The number of nitrogens with zero attached hydrogens (tertiary/aromatic N) is 3. The standard InChI is InChI=1S/C30H32N4O4/c35-24-12-16-33(17-13-24)15-4-7-29(36)32-28-21-26(10-14-31-28)38-25-8-9-27-23(20-25)11-18-34(27)30(37)19-22-5-2-1-3-6-22/h1-3,5-6,8-11,14,18,20-21,24,35H,4,7,12-13,15-17,19H2,(H,31,32,36). The summed E-state index contributed by atoms with van der Waals surface area (Å²) in [6.45, 7) is 2.60. The van der Waals surface area contributed by atoms with Crippen LogP contribution in [0.3, 0.4) is 0 Å². The first kappa shape index (κ1) is 25.6. The van der Waals surface area contributed by atoms with Crippen molar-refractivity contribution in [3.63, 3.8) is 0 Å². The highest BCUT2D eigenvalue weighted by Crippen LogP contribution is 2.27. The van der Waals surface area contributed by atoms with E-state index in [4.69, 9.17) is 4.74 Å². The van der Waals surface area contributed by atoms with Crippen LogP contribution in [0, 0.1) is 0 Å². The summed E-state index contributed by atoms with van der Waals surface area (Å²) in [4.78, 5) is 31.8. The molecular weight excluding hydrogens is 480 g/mol. The number of amides is 1. The number of aliphatic hydroxyl groups excluding tert-OH is 1. The molecule has 1 amide bonds. The van der Waals surface area contributed by atoms with Gasteiger partial charge in [-0.2, -0.15) is 0 Å². The molecule has 8 nitrogen and oxygen atoms in total. The van der Waals surface area contributed by atoms with Gasteiger partial charge in [-0.05, 0) is 61.7 Å². The molecule has 1 fully saturated rings. The van der Waals surface area contributed by atoms with Crippen LogP contribution < -0.4 is 10.1 Å². The summed E-state index contributed by atoms with van der Waals surface area (Å²) in [6.07, 6.45) is 6.29. The first-order valence-corrected chi connectivity index (χ1v) is 13.1. The quantitative estimate of drug-likeness (QED) is 0.332. The van der Waals surface area contributed by atoms with Crippen molar-refractivity contribution in [2.45, 2.75) is 38.2 Å². The van der Waals surface area contributed by atoms with Crippen molar-refractivity contribution in [2.24, 2.45) is 0 Å². The molecule has 2 aromatic heterocycles. The number of carbonyl (C=O) groups excluding carboxylic acids is 2. The van der Waals surface area contributed by atoms with E-state index in [9.17, 15) is 14.7 Å². The van der Waals surface area contributed by atoms with Crippen molar-refractivity contribution in [2.75, 3.05) is 25.0 Å². The molecule has 1 saturated heterocycles. The van der Waals surface area contributed by atoms with Crippen molar-refractivity contribution in [1.82, 2.24) is 14.5 Å². The summed E-state index contributed by atoms with van der Waals surface area (Å²) < 4.78 is 7.70. The Labute approximate surface area is 221 Å². The van der Waals surface area contributed by atoms with Crippen LogP contribution in [0.5, 0.6) is 11.5 Å². The third kappa shape index (κ3) is 6.65. The van der Waals surface area contributed by atoms with E-state index in [2.05, 4.69) is 15.2 Å². The molecule has 0 aliphatic carbocycles. The Morgan fingerprint density at radius 3 is 2.61 bits per heavy atom. The molecule has 0 unspecified atom stereocenters. The number of pyridine rings is 1. The lowest BCUT2D eigenvalue weighted by molar-refractivity contribution is -0.116. The van der Waals surface area contributed by atoms with E-state index in [1.807, 2.05) is 54.6 Å². The van der Waals surface area contributed by atoms with E-state index in [0.717, 1.165) is 55.4 Å². The molecule has 0 atom stereocenters. The van der Waals surface area contributed by atoms with E-state index in [1.54, 1.807) is 29.1 Å². The summed E-state index contributed by atoms with van der Waals surface area (Å²) in [6, 6.07) is 20.6. The van der Waals surface area contributed by atoms with Gasteiger partial charge in [-0.25, -0.2) is 4.98 Å². The first-order chi connectivity index (χ1) is 18.5. The number of likely N-dealkylation sites (tertiary alicyclic amines) is 1. The summed E-state index contributed by atoms with van der Waals surface area (Å²) in [7, 11) is 0. The minimum absolute atomic E-state index is 0.00381. The number of benzene rings is 2. The van der Waals surface area contributed by atoms with Gasteiger partial charge in [0.05, 0.1) is 18.0 Å². The number of piperidine rings is 1. The minimum Gasteiger partial charge on any atom is -0.457 e. The molecule has 5 rings (SSSR count). The van der Waals surface area contributed by atoms with Gasteiger partial charge in [-0.15, -0.1) is 0 Å². The molecule has 38 heavy (non-hydrogen) atoms. The summed E-state index contributed by atoms with van der Waals surface area (Å²) in [5, 5.41) is 13.4. The Balaban J connectivity index is 1.16. The van der Waals surface area contributed by atoms with Crippen molar-refractivity contribution in [1.29, 1.82) is 0 Å². The normalized spacial score (nSPS) is 14.4. The maximum absolute atomic E-state index is 12.8. The van der Waals surface area contributed by atoms with Gasteiger partial charge in [0.2, 0.25) is 11.8 Å². The molecule has 196 valence electrons. The van der Waals surface area contributed by atoms with Crippen molar-refractivity contribution in [3.05, 3.63) is 84.7 Å². The Morgan fingerprint density at radius 2 is 1.79 bits per heavy atom. The fraction of sp³-hybridized carbons (Fsp3) is 0.300. The second-order valence-corrected chi connectivity index (χ2v) is 9.67. The molecule has 1 aliphatic rings. The highest BCUT2D eigenvalue weighted by atomic mass is 16.5. The average Bonchev–Trinajstić information content (AvgIpc) is 3.34. The van der Waals surface area contributed by atoms with E-state index < -0.39 is 0 Å². The summed E-state index contributed by atoms with van der Waals surface area (Å²) in [5.41, 5.74) is 1.80. The monoisotopic (exact) mass is 512 g/mol. The molecule has 1 aliphatic heterocycles. The number of ether oxygens (including phenoxy) is 1. The SMILES string of the molecule is O=C(CCCN1CCC(O)CC1)Nc1cc(Oc2ccc3c(ccn3C(=O)Cc3ccccc3)c2)ccn1. The number of hydrogen-bond acceptors (Lipinski definition) is 6. The van der Waals surface area contributed by atoms with Gasteiger partial charge >= 0.3 is 0 Å². The topological polar surface area (TPSA) is 96.7 Å². The molecule has 2 aromatic carbocycles. The van der Waals surface area contributed by atoms with E-state index in [1.165, 1.54) is 0 Å². The van der Waals surface area contributed by atoms with Gasteiger partial charge in [0.25, 0.3) is 0 Å². The van der Waals surface area contributed by atoms with E-state index in [0.29, 0.717) is 30.2 Å². The van der Waals surface area contributed by atoms with Crippen LogP contribution in [-0.2, 0) is 11.2 Å². The van der Waals surface area contributed by atoms with Crippen LogP contribution in [0.1, 0.15) is 36.0 Å². The van der Waals surface area contributed by atoms with Crippen LogP contribution in [-0.4, -0.2) is 57.1 Å². The fourth-order valence-corrected chi connectivity index (χ4v) is 4.75. The fourth-order valence-electron chi connectivity index (χ4n) is 4.75. The number of carbonyl (C=O) groups is 2. The van der Waals surface area contributed by atoms with Crippen LogP contribution in [0.25, 0.3) is 10.9 Å². The second kappa shape index (κ2) is 12.0. The third-order valence-electron chi connectivity index (χ3n) is 6.80. The Bertz CT molecular complexity index is 1390. The molecule has 4 aromatic rings. The second-order valence-electron chi connectivity index (χ2n) is 9.67. The first-order valence-electron chi connectivity index (χ1n) is 13.1. The lowest BCUT2D eigenvalue weighted by atomic mass is 10.1. The maximum Gasteiger partial charge on any atom is 0.235 e. The van der Waals surface area contributed by atoms with Crippen LogP contribution >= 0.6 is 0 Å². The largest absolute Gasteiger partial charge is 0.457 e. The van der Waals surface area contributed by atoms with Gasteiger partial charge in [0.15, 0.2) is 0 Å². The van der Waals surface area contributed by atoms with Crippen molar-refractivity contribution in [3.8, 4) is 11.5 Å². The predicted octanol–water partition coefficient (Wildman–Crippen LogP) is 4.89. The lowest BCUT2D eigenvalue weighted by Gasteiger charge is -2.29. The van der Waals surface area contributed by atoms with Gasteiger partial charge < -0.3 is 20.1 Å². The summed E-state index contributed by atoms with van der Waals surface area (Å²) >= 11 is 0. The van der Waals surface area contributed by atoms with Crippen LogP contribution in [0.2, 0.25) is 0 Å². The van der Waals surface area contributed by atoms with Crippen molar-refractivity contribution < 1.29 is 19.4 Å². The van der Waals surface area contributed by atoms with E-state index in [-0.39, 0.29) is 17.9 Å². The van der Waals surface area contributed by atoms with Crippen LogP contribution in [0.4, 0.5) is 5.82 Å². The molecule has 0 radical (unpaired) electrons. The smallest absolute Gasteiger partial charge is 0.235 e. The van der Waals surface area contributed by atoms with Crippen molar-refractivity contribution >= 4 is 28.5 Å². The minimum atomic E-state index is -0.188. The molecule has 2 N–H and O–H groups in total. The average molecular weight is 513 g/mol. The zero-order valence-corrected chi connectivity index (χ0v) is 21.3. The highest BCUT2D eigenvalue weighted by Gasteiger charge is 2.17. The van der Waals surface area contributed by atoms with E-state index >= 15 is 0 Å². The van der Waals surface area contributed by atoms with Gasteiger partial charge in [-0.1, -0.05) is 30.3 Å². The summed E-state index contributed by atoms with van der Waals surface area (Å²) in [5.74, 6) is 1.54. The maximum atomic E-state index is 12.8. The van der Waals surface area contributed by atoms with Gasteiger partial charge in [0.1, 0.15) is 17.3 Å².